The third-order valence-corrected chi connectivity index (χ3v) is 2.20. The molecule has 0 amide bonds. The van der Waals surface area contributed by atoms with Crippen molar-refractivity contribution in [2.75, 3.05) is 5.73 Å². The first-order chi connectivity index (χ1) is 8.25. The predicted octanol–water partition coefficient (Wildman–Crippen LogP) is 2.65. The Morgan fingerprint density at radius 3 is 2.71 bits per heavy atom. The highest BCUT2D eigenvalue weighted by molar-refractivity contribution is 5.38. The number of nitrogens with two attached hydrogens (primary N) is 1. The summed E-state index contributed by atoms with van der Waals surface area (Å²) >= 11 is 0. The van der Waals surface area contributed by atoms with Crippen LogP contribution >= 0.6 is 0 Å². The number of aromatic nitrogens is 2. The zero-order chi connectivity index (χ0) is 12.1. The fraction of sp³-hybridized carbons (Fsp3) is 0.167. The molecule has 0 atom stereocenters. The van der Waals surface area contributed by atoms with E-state index in [0.717, 1.165) is 11.3 Å². The maximum Gasteiger partial charge on any atom is 0.132 e. The van der Waals surface area contributed by atoms with Gasteiger partial charge in [-0.2, -0.15) is 10.2 Å². The summed E-state index contributed by atoms with van der Waals surface area (Å²) in [6.45, 7) is 2.19. The number of nitrogens with zero attached hydrogens (tertiary/aromatic N) is 4. The molecule has 1 aromatic carbocycles. The second kappa shape index (κ2) is 5.16. The summed E-state index contributed by atoms with van der Waals surface area (Å²) in [5.41, 5.74) is 7.35. The van der Waals surface area contributed by atoms with Gasteiger partial charge in [-0.3, -0.25) is 0 Å². The van der Waals surface area contributed by atoms with Gasteiger partial charge in [-0.1, -0.05) is 18.2 Å². The van der Waals surface area contributed by atoms with E-state index in [-0.39, 0.29) is 0 Å². The Hall–Kier alpha value is -2.30. The monoisotopic (exact) mass is 227 g/mol. The molecule has 86 valence electrons. The molecular weight excluding hydrogens is 214 g/mol. The average molecular weight is 227 g/mol. The molecule has 0 aliphatic heterocycles. The third kappa shape index (κ3) is 3.07. The standard InChI is InChI=1S/C12H13N5/c1-9-14-7-10(12(13)16-9)8-15-17-11-5-3-2-4-6-11/h2-7H,8H2,1H3,(H2,13,14,16). The molecule has 0 radical (unpaired) electrons. The number of aryl methyl sites for hydroxylation is 1. The van der Waals surface area contributed by atoms with Crippen molar-refractivity contribution < 1.29 is 0 Å². The zero-order valence-corrected chi connectivity index (χ0v) is 9.54. The van der Waals surface area contributed by atoms with Crippen molar-refractivity contribution >= 4 is 11.5 Å². The first-order valence-electron chi connectivity index (χ1n) is 5.26. The molecular formula is C12H13N5. The minimum Gasteiger partial charge on any atom is -0.383 e. The van der Waals surface area contributed by atoms with Crippen molar-refractivity contribution in [3.63, 3.8) is 0 Å². The van der Waals surface area contributed by atoms with Gasteiger partial charge >= 0.3 is 0 Å². The number of anilines is 1. The number of benzene rings is 1. The van der Waals surface area contributed by atoms with Gasteiger partial charge in [0.1, 0.15) is 11.6 Å². The summed E-state index contributed by atoms with van der Waals surface area (Å²) in [6.07, 6.45) is 1.68. The number of rotatable bonds is 3. The minimum absolute atomic E-state index is 0.390. The highest BCUT2D eigenvalue weighted by Crippen LogP contribution is 2.13. The van der Waals surface area contributed by atoms with Crippen molar-refractivity contribution in [1.82, 2.24) is 9.97 Å². The molecule has 0 saturated carbocycles. The Kier molecular flexibility index (Phi) is 3.40. The molecule has 0 saturated heterocycles. The SMILES string of the molecule is Cc1ncc(CN=Nc2ccccc2)c(N)n1. The van der Waals surface area contributed by atoms with Gasteiger partial charge in [0.2, 0.25) is 0 Å². The average Bonchev–Trinajstić information content (AvgIpc) is 2.33. The van der Waals surface area contributed by atoms with E-state index < -0.39 is 0 Å². The van der Waals surface area contributed by atoms with Gasteiger partial charge in [0, 0.05) is 11.8 Å². The second-order valence-electron chi connectivity index (χ2n) is 3.56. The van der Waals surface area contributed by atoms with Crippen LogP contribution in [0.4, 0.5) is 11.5 Å². The molecule has 2 rings (SSSR count). The Morgan fingerprint density at radius 2 is 2.00 bits per heavy atom. The highest BCUT2D eigenvalue weighted by atomic mass is 15.1. The van der Waals surface area contributed by atoms with Crippen molar-refractivity contribution in [3.05, 3.63) is 47.9 Å². The smallest absolute Gasteiger partial charge is 0.132 e. The zero-order valence-electron chi connectivity index (χ0n) is 9.54. The van der Waals surface area contributed by atoms with E-state index in [1.165, 1.54) is 0 Å². The largest absolute Gasteiger partial charge is 0.383 e. The van der Waals surface area contributed by atoms with Crippen LogP contribution in [0.25, 0.3) is 0 Å². The first kappa shape index (κ1) is 11.2. The maximum atomic E-state index is 5.75. The Morgan fingerprint density at radius 1 is 1.24 bits per heavy atom. The number of hydrogen-bond donors (Lipinski definition) is 1. The molecule has 0 fully saturated rings. The Balaban J connectivity index is 2.05. The molecule has 17 heavy (non-hydrogen) atoms. The molecule has 2 aromatic rings. The quantitative estimate of drug-likeness (QED) is 0.819. The van der Waals surface area contributed by atoms with E-state index in [1.54, 1.807) is 13.1 Å². The number of azo groups is 1. The summed E-state index contributed by atoms with van der Waals surface area (Å²) in [4.78, 5) is 8.14. The van der Waals surface area contributed by atoms with Crippen LogP contribution in [0.2, 0.25) is 0 Å². The topological polar surface area (TPSA) is 76.5 Å². The molecule has 1 aromatic heterocycles. The lowest BCUT2D eigenvalue weighted by molar-refractivity contribution is 0.924. The van der Waals surface area contributed by atoms with Gasteiger partial charge < -0.3 is 5.73 Å². The number of hydrogen-bond acceptors (Lipinski definition) is 5. The molecule has 5 heteroatoms. The molecule has 1 heterocycles. The van der Waals surface area contributed by atoms with Gasteiger partial charge in [-0.15, -0.1) is 0 Å². The Bertz CT molecular complexity index is 522. The van der Waals surface area contributed by atoms with E-state index in [2.05, 4.69) is 20.2 Å². The lowest BCUT2D eigenvalue weighted by Crippen LogP contribution is -2.00. The Labute approximate surface area is 99.4 Å². The van der Waals surface area contributed by atoms with Crippen molar-refractivity contribution in [1.29, 1.82) is 0 Å². The summed E-state index contributed by atoms with van der Waals surface area (Å²) in [6, 6.07) is 9.54. The maximum absolute atomic E-state index is 5.75. The lowest BCUT2D eigenvalue weighted by Gasteiger charge is -2.00. The highest BCUT2D eigenvalue weighted by Gasteiger charge is 2.00. The van der Waals surface area contributed by atoms with E-state index in [0.29, 0.717) is 18.2 Å². The van der Waals surface area contributed by atoms with Gasteiger partial charge in [-0.05, 0) is 19.1 Å². The van der Waals surface area contributed by atoms with Gasteiger partial charge in [0.15, 0.2) is 0 Å². The van der Waals surface area contributed by atoms with Gasteiger partial charge in [0.05, 0.1) is 12.2 Å². The first-order valence-corrected chi connectivity index (χ1v) is 5.26. The van der Waals surface area contributed by atoms with Crippen LogP contribution in [-0.4, -0.2) is 9.97 Å². The van der Waals surface area contributed by atoms with Crippen LogP contribution in [0.15, 0.2) is 46.8 Å². The normalized spacial score (nSPS) is 10.9. The van der Waals surface area contributed by atoms with E-state index >= 15 is 0 Å². The van der Waals surface area contributed by atoms with Crippen LogP contribution in [0.1, 0.15) is 11.4 Å². The van der Waals surface area contributed by atoms with E-state index in [4.69, 9.17) is 5.73 Å². The van der Waals surface area contributed by atoms with Crippen LogP contribution in [0, 0.1) is 6.92 Å². The van der Waals surface area contributed by atoms with Crippen LogP contribution in [0.3, 0.4) is 0 Å². The lowest BCUT2D eigenvalue weighted by atomic mass is 10.3. The second-order valence-corrected chi connectivity index (χ2v) is 3.56. The molecule has 0 bridgehead atoms. The fourth-order valence-corrected chi connectivity index (χ4v) is 1.32. The fourth-order valence-electron chi connectivity index (χ4n) is 1.32. The van der Waals surface area contributed by atoms with Crippen molar-refractivity contribution in [2.24, 2.45) is 10.2 Å². The van der Waals surface area contributed by atoms with E-state index in [1.807, 2.05) is 30.3 Å². The molecule has 2 N–H and O–H groups in total. The van der Waals surface area contributed by atoms with Gasteiger partial charge in [0.25, 0.3) is 0 Å². The van der Waals surface area contributed by atoms with Crippen molar-refractivity contribution in [2.45, 2.75) is 13.5 Å². The summed E-state index contributed by atoms with van der Waals surface area (Å²) in [5, 5.41) is 8.15. The molecule has 0 aliphatic rings. The van der Waals surface area contributed by atoms with Gasteiger partial charge in [-0.25, -0.2) is 9.97 Å². The van der Waals surface area contributed by atoms with Crippen LogP contribution in [-0.2, 0) is 6.54 Å². The molecule has 0 spiro atoms. The summed E-state index contributed by atoms with van der Waals surface area (Å²) in [7, 11) is 0. The predicted molar refractivity (Wildman–Crippen MR) is 65.8 cm³/mol. The van der Waals surface area contributed by atoms with Crippen molar-refractivity contribution in [3.8, 4) is 0 Å². The third-order valence-electron chi connectivity index (χ3n) is 2.20. The molecule has 5 nitrogen and oxygen atoms in total. The number of nitrogen functional groups attached to an aromatic ring is 1. The van der Waals surface area contributed by atoms with Crippen LogP contribution < -0.4 is 5.73 Å². The summed E-state index contributed by atoms with van der Waals surface area (Å²) in [5.74, 6) is 1.12. The van der Waals surface area contributed by atoms with E-state index in [9.17, 15) is 0 Å². The molecule has 0 aliphatic carbocycles. The van der Waals surface area contributed by atoms with Crippen LogP contribution in [0.5, 0.6) is 0 Å². The molecule has 0 unspecified atom stereocenters. The minimum atomic E-state index is 0.390. The summed E-state index contributed by atoms with van der Waals surface area (Å²) < 4.78 is 0.